The molecule has 0 aliphatic carbocycles. The minimum atomic E-state index is -0.573. The van der Waals surface area contributed by atoms with Crippen molar-refractivity contribution in [1.29, 1.82) is 0 Å². The molecule has 1 aromatic rings. The predicted octanol–water partition coefficient (Wildman–Crippen LogP) is 3.71. The highest BCUT2D eigenvalue weighted by Gasteiger charge is 2.21. The highest BCUT2D eigenvalue weighted by atomic mass is 79.9. The third-order valence-corrected chi connectivity index (χ3v) is 3.30. The van der Waals surface area contributed by atoms with Crippen LogP contribution in [0.2, 0.25) is 0 Å². The zero-order valence-corrected chi connectivity index (χ0v) is 11.1. The number of rotatable bonds is 2. The fourth-order valence-corrected chi connectivity index (χ4v) is 2.42. The summed E-state index contributed by atoms with van der Waals surface area (Å²) >= 11 is 3.05. The Kier molecular flexibility index (Phi) is 3.99. The van der Waals surface area contributed by atoms with Gasteiger partial charge in [-0.2, -0.15) is 0 Å². The zero-order valence-electron chi connectivity index (χ0n) is 9.47. The van der Waals surface area contributed by atoms with Gasteiger partial charge in [0.15, 0.2) is 0 Å². The van der Waals surface area contributed by atoms with Crippen LogP contribution in [0.1, 0.15) is 19.8 Å². The van der Waals surface area contributed by atoms with Crippen LogP contribution < -0.4 is 5.32 Å². The van der Waals surface area contributed by atoms with Gasteiger partial charge in [0.05, 0.1) is 6.10 Å². The molecule has 0 saturated carbocycles. The number of ether oxygens (including phenoxy) is 1. The highest BCUT2D eigenvalue weighted by Crippen LogP contribution is 2.26. The Bertz CT molecular complexity index is 390. The Labute approximate surface area is 107 Å². The van der Waals surface area contributed by atoms with Crippen LogP contribution in [0.3, 0.4) is 0 Å². The normalized spacial score (nSPS) is 24.7. The van der Waals surface area contributed by atoms with Crippen LogP contribution in [-0.4, -0.2) is 18.8 Å². The van der Waals surface area contributed by atoms with Gasteiger partial charge in [0.2, 0.25) is 0 Å². The maximum atomic E-state index is 13.6. The maximum Gasteiger partial charge on any atom is 0.150 e. The van der Waals surface area contributed by atoms with E-state index in [-0.39, 0.29) is 17.8 Å². The van der Waals surface area contributed by atoms with E-state index in [2.05, 4.69) is 21.2 Å². The highest BCUT2D eigenvalue weighted by molar-refractivity contribution is 9.10. The molecule has 1 aliphatic rings. The lowest BCUT2D eigenvalue weighted by atomic mass is 10.0. The summed E-state index contributed by atoms with van der Waals surface area (Å²) in [5.74, 6) is -1.15. The van der Waals surface area contributed by atoms with E-state index < -0.39 is 11.6 Å². The molecule has 17 heavy (non-hydrogen) atoms. The van der Waals surface area contributed by atoms with Gasteiger partial charge >= 0.3 is 0 Å². The summed E-state index contributed by atoms with van der Waals surface area (Å²) in [5.41, 5.74) is -0.0488. The van der Waals surface area contributed by atoms with Gasteiger partial charge in [0.25, 0.3) is 0 Å². The Hall–Kier alpha value is -0.680. The molecule has 5 heteroatoms. The molecule has 0 bridgehead atoms. The minimum absolute atomic E-state index is 0.0488. The zero-order chi connectivity index (χ0) is 12.4. The molecule has 2 atom stereocenters. The number of benzene rings is 1. The lowest BCUT2D eigenvalue weighted by Crippen LogP contribution is -2.33. The van der Waals surface area contributed by atoms with Crippen molar-refractivity contribution in [3.05, 3.63) is 28.2 Å². The van der Waals surface area contributed by atoms with E-state index in [0.29, 0.717) is 11.1 Å². The second kappa shape index (κ2) is 5.31. The predicted molar refractivity (Wildman–Crippen MR) is 66.1 cm³/mol. The first-order valence-electron chi connectivity index (χ1n) is 5.59. The molecule has 0 amide bonds. The molecule has 1 aliphatic heterocycles. The lowest BCUT2D eigenvalue weighted by Gasteiger charge is -2.29. The molecular weight excluding hydrogens is 292 g/mol. The van der Waals surface area contributed by atoms with Crippen molar-refractivity contribution in [2.75, 3.05) is 11.9 Å². The molecule has 1 N–H and O–H groups in total. The van der Waals surface area contributed by atoms with Crippen LogP contribution in [0, 0.1) is 11.6 Å². The molecule has 1 saturated heterocycles. The first-order chi connectivity index (χ1) is 8.06. The number of hydrogen-bond donors (Lipinski definition) is 1. The number of halogens is 3. The first kappa shape index (κ1) is 12.8. The summed E-state index contributed by atoms with van der Waals surface area (Å²) in [6.07, 6.45) is 1.65. The lowest BCUT2D eigenvalue weighted by molar-refractivity contribution is 0.0231. The molecule has 0 spiro atoms. The molecule has 2 rings (SSSR count). The molecule has 0 aromatic heterocycles. The quantitative estimate of drug-likeness (QED) is 0.899. The summed E-state index contributed by atoms with van der Waals surface area (Å²) in [5, 5.41) is 2.92. The van der Waals surface area contributed by atoms with Crippen molar-refractivity contribution < 1.29 is 13.5 Å². The molecule has 2 nitrogen and oxygen atoms in total. The van der Waals surface area contributed by atoms with Crippen molar-refractivity contribution >= 4 is 21.6 Å². The van der Waals surface area contributed by atoms with Crippen LogP contribution in [0.15, 0.2) is 16.6 Å². The molecule has 94 valence electrons. The number of hydrogen-bond acceptors (Lipinski definition) is 2. The van der Waals surface area contributed by atoms with Crippen LogP contribution in [0.25, 0.3) is 0 Å². The Morgan fingerprint density at radius 2 is 2.00 bits per heavy atom. The van der Waals surface area contributed by atoms with Gasteiger partial charge in [0, 0.05) is 17.1 Å². The third-order valence-electron chi connectivity index (χ3n) is 2.84. The van der Waals surface area contributed by atoms with Gasteiger partial charge in [-0.05, 0) is 31.9 Å². The standard InChI is InChI=1S/C12H14BrF2NO/c1-7-4-9(2-3-17-7)16-12-10(14)5-8(13)6-11(12)15/h5-7,9,16H,2-4H2,1H3. The first-order valence-corrected chi connectivity index (χ1v) is 6.38. The molecule has 1 aromatic carbocycles. The van der Waals surface area contributed by atoms with E-state index in [1.54, 1.807) is 0 Å². The fraction of sp³-hybridized carbons (Fsp3) is 0.500. The minimum Gasteiger partial charge on any atom is -0.378 e. The van der Waals surface area contributed by atoms with E-state index >= 15 is 0 Å². The SMILES string of the molecule is CC1CC(Nc2c(F)cc(Br)cc2F)CCO1. The third kappa shape index (κ3) is 3.16. The second-order valence-corrected chi connectivity index (χ2v) is 5.21. The van der Waals surface area contributed by atoms with Crippen molar-refractivity contribution in [3.63, 3.8) is 0 Å². The van der Waals surface area contributed by atoms with Gasteiger partial charge < -0.3 is 10.1 Å². The maximum absolute atomic E-state index is 13.6. The average Bonchev–Trinajstić information content (AvgIpc) is 2.23. The van der Waals surface area contributed by atoms with E-state index in [9.17, 15) is 8.78 Å². The Balaban J connectivity index is 2.12. The summed E-state index contributed by atoms with van der Waals surface area (Å²) < 4.78 is 33.0. The van der Waals surface area contributed by atoms with E-state index in [4.69, 9.17) is 4.74 Å². The van der Waals surface area contributed by atoms with Crippen LogP contribution in [0.4, 0.5) is 14.5 Å². The van der Waals surface area contributed by atoms with Crippen molar-refractivity contribution in [2.45, 2.75) is 31.9 Å². The molecule has 1 heterocycles. The summed E-state index contributed by atoms with van der Waals surface area (Å²) in [6, 6.07) is 2.58. The van der Waals surface area contributed by atoms with Crippen molar-refractivity contribution in [2.24, 2.45) is 0 Å². The average molecular weight is 306 g/mol. The van der Waals surface area contributed by atoms with Gasteiger partial charge in [-0.1, -0.05) is 15.9 Å². The Morgan fingerprint density at radius 3 is 2.59 bits per heavy atom. The summed E-state index contributed by atoms with van der Waals surface area (Å²) in [6.45, 7) is 2.58. The molecular formula is C12H14BrF2NO. The van der Waals surface area contributed by atoms with Crippen LogP contribution >= 0.6 is 15.9 Å². The van der Waals surface area contributed by atoms with Crippen molar-refractivity contribution in [1.82, 2.24) is 0 Å². The van der Waals surface area contributed by atoms with Crippen molar-refractivity contribution in [3.8, 4) is 0 Å². The smallest absolute Gasteiger partial charge is 0.150 e. The fourth-order valence-electron chi connectivity index (χ4n) is 2.01. The molecule has 2 unspecified atom stereocenters. The second-order valence-electron chi connectivity index (χ2n) is 4.29. The van der Waals surface area contributed by atoms with Crippen LogP contribution in [-0.2, 0) is 4.74 Å². The monoisotopic (exact) mass is 305 g/mol. The summed E-state index contributed by atoms with van der Waals surface area (Å²) in [4.78, 5) is 0. The van der Waals surface area contributed by atoms with Crippen LogP contribution in [0.5, 0.6) is 0 Å². The van der Waals surface area contributed by atoms with E-state index in [1.807, 2.05) is 6.92 Å². The number of anilines is 1. The summed E-state index contributed by atoms with van der Waals surface area (Å²) in [7, 11) is 0. The van der Waals surface area contributed by atoms with E-state index in [0.717, 1.165) is 12.8 Å². The van der Waals surface area contributed by atoms with E-state index in [1.165, 1.54) is 12.1 Å². The largest absolute Gasteiger partial charge is 0.378 e. The molecule has 0 radical (unpaired) electrons. The topological polar surface area (TPSA) is 21.3 Å². The van der Waals surface area contributed by atoms with Gasteiger partial charge in [0.1, 0.15) is 17.3 Å². The molecule has 1 fully saturated rings. The van der Waals surface area contributed by atoms with Gasteiger partial charge in [-0.3, -0.25) is 0 Å². The number of nitrogens with one attached hydrogen (secondary N) is 1. The van der Waals surface area contributed by atoms with Gasteiger partial charge in [-0.25, -0.2) is 8.78 Å². The Morgan fingerprint density at radius 1 is 1.35 bits per heavy atom. The van der Waals surface area contributed by atoms with Gasteiger partial charge in [-0.15, -0.1) is 0 Å².